The summed E-state index contributed by atoms with van der Waals surface area (Å²) < 4.78 is 16.0. The summed E-state index contributed by atoms with van der Waals surface area (Å²) in [5.41, 5.74) is 5.06. The first-order valence-electron chi connectivity index (χ1n) is 14.1. The van der Waals surface area contributed by atoms with Crippen LogP contribution in [0, 0.1) is 10.8 Å². The summed E-state index contributed by atoms with van der Waals surface area (Å²) in [5, 5.41) is 25.2. The van der Waals surface area contributed by atoms with Gasteiger partial charge in [0.1, 0.15) is 16.9 Å². The topological polar surface area (TPSA) is 115 Å². The van der Waals surface area contributed by atoms with E-state index in [9.17, 15) is 0 Å². The molecule has 0 spiro atoms. The highest BCUT2D eigenvalue weighted by atomic mass is 16.5. The predicted octanol–water partition coefficient (Wildman–Crippen LogP) is 8.37. The average Bonchev–Trinajstić information content (AvgIpc) is 3.76. The third kappa shape index (κ3) is 6.39. The number of furan rings is 2. The molecule has 41 heavy (non-hydrogen) atoms. The lowest BCUT2D eigenvalue weighted by Crippen LogP contribution is -2.28. The number of nitrogens with one attached hydrogen (secondary N) is 3. The van der Waals surface area contributed by atoms with Gasteiger partial charge in [0.05, 0.1) is 24.0 Å². The number of para-hydroxylation sites is 1. The molecule has 1 saturated heterocycles. The number of hydrogen-bond donors (Lipinski definition) is 3. The molecule has 7 rings (SSSR count). The van der Waals surface area contributed by atoms with Crippen molar-refractivity contribution in [3.8, 4) is 11.3 Å². The smallest absolute Gasteiger partial charge is 0.220 e. The van der Waals surface area contributed by atoms with Crippen LogP contribution >= 0.6 is 0 Å². The average molecular weight is 550 g/mol. The predicted molar refractivity (Wildman–Crippen MR) is 165 cm³/mol. The van der Waals surface area contributed by atoms with Gasteiger partial charge in [-0.2, -0.15) is 5.10 Å². The van der Waals surface area contributed by atoms with Crippen molar-refractivity contribution >= 4 is 45.1 Å². The molecule has 3 aromatic carbocycles. The number of nitrogens with zero attached hydrogens (tertiary/aromatic N) is 2. The molecular weight excluding hydrogens is 514 g/mol. The molecule has 0 saturated carbocycles. The second-order valence-corrected chi connectivity index (χ2v) is 9.66. The molecule has 1 aliphatic heterocycles. The molecule has 8 nitrogen and oxygen atoms in total. The summed E-state index contributed by atoms with van der Waals surface area (Å²) in [6.45, 7) is 7.41. The van der Waals surface area contributed by atoms with Crippen LogP contribution in [0.4, 0.5) is 0 Å². The van der Waals surface area contributed by atoms with Gasteiger partial charge in [0, 0.05) is 27.3 Å². The third-order valence-corrected chi connectivity index (χ3v) is 7.03. The van der Waals surface area contributed by atoms with Gasteiger partial charge in [-0.15, -0.1) is 0 Å². The second kappa shape index (κ2) is 13.1. The van der Waals surface area contributed by atoms with Gasteiger partial charge in [0.2, 0.25) is 5.90 Å². The van der Waals surface area contributed by atoms with Crippen LogP contribution in [0.5, 0.6) is 0 Å². The number of fused-ring (bicyclic) bond motifs is 3. The van der Waals surface area contributed by atoms with Gasteiger partial charge < -0.3 is 13.6 Å². The molecule has 3 N–H and O–H groups in total. The Kier molecular flexibility index (Phi) is 8.91. The summed E-state index contributed by atoms with van der Waals surface area (Å²) in [6.07, 6.45) is 6.46. The molecule has 8 heteroatoms. The highest BCUT2D eigenvalue weighted by molar-refractivity contribution is 6.02. The monoisotopic (exact) mass is 549 g/mol. The van der Waals surface area contributed by atoms with Crippen LogP contribution in [-0.2, 0) is 11.3 Å². The maximum absolute atomic E-state index is 7.80. The minimum absolute atomic E-state index is 0.0701. The Bertz CT molecular complexity index is 1720. The van der Waals surface area contributed by atoms with E-state index in [4.69, 9.17) is 24.4 Å². The lowest BCUT2D eigenvalue weighted by Gasteiger charge is -2.25. The van der Waals surface area contributed by atoms with Crippen molar-refractivity contribution in [1.82, 2.24) is 15.1 Å². The van der Waals surface area contributed by atoms with E-state index in [1.807, 2.05) is 62.4 Å². The molecule has 4 heterocycles. The Morgan fingerprint density at radius 2 is 1.76 bits per heavy atom. The molecule has 0 atom stereocenters. The number of rotatable bonds is 5. The molecule has 0 unspecified atom stereocenters. The highest BCUT2D eigenvalue weighted by Crippen LogP contribution is 2.30. The molecule has 3 aromatic heterocycles. The molecule has 210 valence electrons. The van der Waals surface area contributed by atoms with Crippen LogP contribution < -0.4 is 0 Å². The number of aromatic amines is 1. The second-order valence-electron chi connectivity index (χ2n) is 9.66. The molecule has 0 amide bonds. The van der Waals surface area contributed by atoms with Crippen LogP contribution in [0.25, 0.3) is 44.1 Å². The molecule has 1 aliphatic rings. The Labute approximate surface area is 238 Å². The molecular formula is C33H35N5O3. The Morgan fingerprint density at radius 1 is 0.951 bits per heavy atom. The number of ether oxygens (including phenoxy) is 1. The number of hydrogen-bond acceptors (Lipinski definition) is 7. The van der Waals surface area contributed by atoms with Crippen LogP contribution in [-0.4, -0.2) is 40.5 Å². The van der Waals surface area contributed by atoms with Gasteiger partial charge in [-0.25, -0.2) is 0 Å². The van der Waals surface area contributed by atoms with Crippen molar-refractivity contribution in [1.29, 1.82) is 10.8 Å². The van der Waals surface area contributed by atoms with Crippen molar-refractivity contribution in [3.05, 3.63) is 90.4 Å². The van der Waals surface area contributed by atoms with E-state index in [0.717, 1.165) is 57.4 Å². The highest BCUT2D eigenvalue weighted by Gasteiger charge is 2.13. The van der Waals surface area contributed by atoms with Crippen molar-refractivity contribution in [3.63, 3.8) is 0 Å². The summed E-state index contributed by atoms with van der Waals surface area (Å²) in [7, 11) is 0. The fraction of sp³-hybridized carbons (Fsp3) is 0.242. The van der Waals surface area contributed by atoms with Crippen molar-refractivity contribution < 1.29 is 13.6 Å². The van der Waals surface area contributed by atoms with Crippen LogP contribution in [0.2, 0.25) is 0 Å². The van der Waals surface area contributed by atoms with E-state index < -0.39 is 0 Å². The fourth-order valence-electron chi connectivity index (χ4n) is 5.07. The minimum atomic E-state index is -0.0701. The standard InChI is InChI=1S/C17H12N4O2.C14H17NO.C2H6/c18-9-23-17(19)12-1-3-14-13(8-12)16(21-20-14)11-2-4-15-10(7-11)5-6-22-15;1-4-8-15(9-5-1)11-13-10-12-6-2-3-7-14(12)16-13;1-2/h1-9,18-19H,(H,20,21);2-3,6-7,10H,1,4-5,8-9,11H2;1-2H3. The number of piperidine rings is 1. The lowest BCUT2D eigenvalue weighted by atomic mass is 10.0. The van der Waals surface area contributed by atoms with E-state index in [1.165, 1.54) is 37.7 Å². The Hall–Kier alpha value is -4.69. The minimum Gasteiger partial charge on any atom is -0.464 e. The Balaban J connectivity index is 0.000000164. The van der Waals surface area contributed by atoms with Gasteiger partial charge in [0.25, 0.3) is 0 Å². The first-order valence-corrected chi connectivity index (χ1v) is 14.1. The van der Waals surface area contributed by atoms with Crippen LogP contribution in [0.1, 0.15) is 44.4 Å². The number of likely N-dealkylation sites (tertiary alicyclic amines) is 1. The van der Waals surface area contributed by atoms with Crippen LogP contribution in [0.15, 0.2) is 87.9 Å². The summed E-state index contributed by atoms with van der Waals surface area (Å²) >= 11 is 0. The van der Waals surface area contributed by atoms with Crippen molar-refractivity contribution in [2.45, 2.75) is 39.7 Å². The quantitative estimate of drug-likeness (QED) is 0.148. The van der Waals surface area contributed by atoms with Gasteiger partial charge in [-0.05, 0) is 80.5 Å². The maximum atomic E-state index is 7.80. The van der Waals surface area contributed by atoms with E-state index in [2.05, 4.69) is 33.3 Å². The third-order valence-electron chi connectivity index (χ3n) is 7.03. The zero-order valence-corrected chi connectivity index (χ0v) is 23.4. The number of H-pyrrole nitrogens is 1. The molecule has 0 bridgehead atoms. The SMILES string of the molecule is CC.N=COC(=N)c1ccc2[nH]nc(-c3ccc4occc4c3)c2c1.c1ccc2oc(CN3CCCCC3)cc2c1. The molecule has 0 aliphatic carbocycles. The summed E-state index contributed by atoms with van der Waals surface area (Å²) in [4.78, 5) is 2.49. The molecule has 6 aromatic rings. The molecule has 0 radical (unpaired) electrons. The fourth-order valence-corrected chi connectivity index (χ4v) is 5.07. The number of aromatic nitrogens is 2. The van der Waals surface area contributed by atoms with E-state index in [1.54, 1.807) is 12.3 Å². The van der Waals surface area contributed by atoms with E-state index in [-0.39, 0.29) is 5.90 Å². The lowest BCUT2D eigenvalue weighted by molar-refractivity contribution is 0.207. The Morgan fingerprint density at radius 3 is 2.56 bits per heavy atom. The van der Waals surface area contributed by atoms with E-state index >= 15 is 0 Å². The van der Waals surface area contributed by atoms with Gasteiger partial charge in [-0.1, -0.05) is 38.5 Å². The molecule has 1 fully saturated rings. The number of benzene rings is 3. The van der Waals surface area contributed by atoms with Gasteiger partial charge in [-0.3, -0.25) is 20.8 Å². The normalized spacial score (nSPS) is 13.3. The summed E-state index contributed by atoms with van der Waals surface area (Å²) in [5.74, 6) is 1.03. The van der Waals surface area contributed by atoms with E-state index in [0.29, 0.717) is 5.56 Å². The van der Waals surface area contributed by atoms with Crippen molar-refractivity contribution in [2.24, 2.45) is 0 Å². The van der Waals surface area contributed by atoms with Crippen LogP contribution in [0.3, 0.4) is 0 Å². The summed E-state index contributed by atoms with van der Waals surface area (Å²) in [6, 6.07) is 23.6. The van der Waals surface area contributed by atoms with Gasteiger partial charge in [0.15, 0.2) is 6.40 Å². The zero-order valence-electron chi connectivity index (χ0n) is 23.4. The first-order chi connectivity index (χ1) is 20.2. The van der Waals surface area contributed by atoms with Gasteiger partial charge >= 0.3 is 0 Å². The maximum Gasteiger partial charge on any atom is 0.220 e. The zero-order chi connectivity index (χ0) is 28.6. The largest absolute Gasteiger partial charge is 0.464 e. The first kappa shape index (κ1) is 27.9. The van der Waals surface area contributed by atoms with Crippen molar-refractivity contribution in [2.75, 3.05) is 13.1 Å².